The number of benzene rings is 2. The Hall–Kier alpha value is -3.87. The summed E-state index contributed by atoms with van der Waals surface area (Å²) in [5.74, 6) is 2.30. The number of nitrogens with one attached hydrogen (secondary N) is 1. The highest BCUT2D eigenvalue weighted by atomic mass is 16.5. The number of hydrogen-bond donors (Lipinski definition) is 1. The lowest BCUT2D eigenvalue weighted by Gasteiger charge is -2.13. The highest BCUT2D eigenvalue weighted by Crippen LogP contribution is 2.28. The molecule has 1 N–H and O–H groups in total. The standard InChI is InChI=1S/C27H30N4O3/c1-3-33-23-13-12-20(19-24(23)34-4-2)16-18-28-26(32)15-14-25-30-22-11-8-17-29-27(22)31(25)21-9-6-5-7-10-21/h5-13,17,19H,3-4,14-16,18H2,1-2H3,(H,28,32). The van der Waals surface area contributed by atoms with Crippen LogP contribution in [0.1, 0.15) is 31.7 Å². The summed E-state index contributed by atoms with van der Waals surface area (Å²) < 4.78 is 13.3. The lowest BCUT2D eigenvalue weighted by Crippen LogP contribution is -2.26. The highest BCUT2D eigenvalue weighted by molar-refractivity contribution is 5.77. The van der Waals surface area contributed by atoms with E-state index in [0.717, 1.165) is 39.7 Å². The Morgan fingerprint density at radius 3 is 2.53 bits per heavy atom. The lowest BCUT2D eigenvalue weighted by molar-refractivity contribution is -0.121. The topological polar surface area (TPSA) is 78.3 Å². The van der Waals surface area contributed by atoms with Gasteiger partial charge in [0.05, 0.1) is 13.2 Å². The molecule has 0 unspecified atom stereocenters. The van der Waals surface area contributed by atoms with Gasteiger partial charge < -0.3 is 14.8 Å². The van der Waals surface area contributed by atoms with E-state index in [2.05, 4.69) is 10.3 Å². The summed E-state index contributed by atoms with van der Waals surface area (Å²) in [5, 5.41) is 3.02. The van der Waals surface area contributed by atoms with Crippen LogP contribution in [0.25, 0.3) is 16.9 Å². The number of ether oxygens (including phenoxy) is 2. The Labute approximate surface area is 199 Å². The molecule has 34 heavy (non-hydrogen) atoms. The maximum Gasteiger partial charge on any atom is 0.220 e. The van der Waals surface area contributed by atoms with Crippen molar-refractivity contribution in [2.24, 2.45) is 0 Å². The summed E-state index contributed by atoms with van der Waals surface area (Å²) in [7, 11) is 0. The second kappa shape index (κ2) is 11.3. The van der Waals surface area contributed by atoms with Crippen molar-refractivity contribution < 1.29 is 14.3 Å². The number of fused-ring (bicyclic) bond motifs is 1. The van der Waals surface area contributed by atoms with Crippen LogP contribution in [0.2, 0.25) is 0 Å². The molecule has 2 heterocycles. The fourth-order valence-electron chi connectivity index (χ4n) is 3.89. The van der Waals surface area contributed by atoms with E-state index in [0.29, 0.717) is 39.0 Å². The molecule has 0 radical (unpaired) electrons. The fraction of sp³-hybridized carbons (Fsp3) is 0.296. The third-order valence-electron chi connectivity index (χ3n) is 5.42. The van der Waals surface area contributed by atoms with Gasteiger partial charge in [-0.3, -0.25) is 9.36 Å². The van der Waals surface area contributed by atoms with E-state index in [1.54, 1.807) is 6.20 Å². The number of nitrogens with zero attached hydrogens (tertiary/aromatic N) is 3. The third kappa shape index (κ3) is 5.54. The van der Waals surface area contributed by atoms with Crippen molar-refractivity contribution in [3.63, 3.8) is 0 Å². The maximum atomic E-state index is 12.6. The molecule has 0 atom stereocenters. The number of hydrogen-bond acceptors (Lipinski definition) is 5. The number of para-hydroxylation sites is 1. The second-order valence-corrected chi connectivity index (χ2v) is 7.79. The third-order valence-corrected chi connectivity index (χ3v) is 5.42. The molecule has 7 heteroatoms. The van der Waals surface area contributed by atoms with Crippen LogP contribution in [0.5, 0.6) is 11.5 Å². The van der Waals surface area contributed by atoms with E-state index in [4.69, 9.17) is 14.5 Å². The van der Waals surface area contributed by atoms with Crippen LogP contribution in [-0.4, -0.2) is 40.2 Å². The minimum atomic E-state index is -0.00408. The second-order valence-electron chi connectivity index (χ2n) is 7.79. The average Bonchev–Trinajstić information content (AvgIpc) is 3.23. The Morgan fingerprint density at radius 1 is 0.941 bits per heavy atom. The van der Waals surface area contributed by atoms with Crippen molar-refractivity contribution in [3.05, 3.63) is 78.2 Å². The van der Waals surface area contributed by atoms with Gasteiger partial charge in [0.25, 0.3) is 0 Å². The van der Waals surface area contributed by atoms with Crippen molar-refractivity contribution in [2.75, 3.05) is 19.8 Å². The molecule has 7 nitrogen and oxygen atoms in total. The number of carbonyl (C=O) groups excluding carboxylic acids is 1. The minimum Gasteiger partial charge on any atom is -0.490 e. The van der Waals surface area contributed by atoms with Gasteiger partial charge in [-0.1, -0.05) is 24.3 Å². The van der Waals surface area contributed by atoms with E-state index in [-0.39, 0.29) is 5.91 Å². The first-order chi connectivity index (χ1) is 16.7. The van der Waals surface area contributed by atoms with Gasteiger partial charge in [-0.25, -0.2) is 9.97 Å². The molecule has 4 aromatic rings. The van der Waals surface area contributed by atoms with Gasteiger partial charge in [-0.2, -0.15) is 0 Å². The van der Waals surface area contributed by atoms with Crippen molar-refractivity contribution in [1.29, 1.82) is 0 Å². The SMILES string of the molecule is CCOc1ccc(CCNC(=O)CCc2nc3cccnc3n2-c2ccccc2)cc1OCC. The number of amides is 1. The Kier molecular flexibility index (Phi) is 7.75. The molecule has 0 aliphatic rings. The molecule has 0 aliphatic heterocycles. The number of aromatic nitrogens is 3. The van der Waals surface area contributed by atoms with E-state index >= 15 is 0 Å². The normalized spacial score (nSPS) is 10.9. The summed E-state index contributed by atoms with van der Waals surface area (Å²) in [6.45, 7) is 5.61. The van der Waals surface area contributed by atoms with Gasteiger partial charge in [0.15, 0.2) is 17.1 Å². The van der Waals surface area contributed by atoms with E-state index < -0.39 is 0 Å². The summed E-state index contributed by atoms with van der Waals surface area (Å²) in [6, 6.07) is 19.7. The Balaban J connectivity index is 1.37. The predicted octanol–water partition coefficient (Wildman–Crippen LogP) is 4.51. The minimum absolute atomic E-state index is 0.00408. The largest absolute Gasteiger partial charge is 0.490 e. The number of rotatable bonds is 11. The van der Waals surface area contributed by atoms with Crippen molar-refractivity contribution in [2.45, 2.75) is 33.1 Å². The van der Waals surface area contributed by atoms with Crippen LogP contribution >= 0.6 is 0 Å². The van der Waals surface area contributed by atoms with Gasteiger partial charge in [-0.05, 0) is 62.2 Å². The lowest BCUT2D eigenvalue weighted by atomic mass is 10.1. The first kappa shape index (κ1) is 23.3. The smallest absolute Gasteiger partial charge is 0.220 e. The molecule has 0 aliphatic carbocycles. The van der Waals surface area contributed by atoms with Crippen LogP contribution < -0.4 is 14.8 Å². The molecular formula is C27H30N4O3. The monoisotopic (exact) mass is 458 g/mol. The van der Waals surface area contributed by atoms with Gasteiger partial charge in [-0.15, -0.1) is 0 Å². The number of carbonyl (C=O) groups is 1. The molecule has 0 spiro atoms. The quantitative estimate of drug-likeness (QED) is 0.358. The summed E-state index contributed by atoms with van der Waals surface area (Å²) in [4.78, 5) is 21.8. The maximum absolute atomic E-state index is 12.6. The van der Waals surface area contributed by atoms with Crippen LogP contribution in [0.4, 0.5) is 0 Å². The molecule has 1 amide bonds. The van der Waals surface area contributed by atoms with Gasteiger partial charge in [0.2, 0.25) is 5.91 Å². The van der Waals surface area contributed by atoms with Crippen LogP contribution in [0.3, 0.4) is 0 Å². The zero-order chi connectivity index (χ0) is 23.8. The zero-order valence-electron chi connectivity index (χ0n) is 19.7. The summed E-state index contributed by atoms with van der Waals surface area (Å²) in [5.41, 5.74) is 3.69. The van der Waals surface area contributed by atoms with E-state index in [1.807, 2.05) is 79.1 Å². The van der Waals surface area contributed by atoms with E-state index in [1.165, 1.54) is 0 Å². The number of imidazole rings is 1. The Bertz CT molecular complexity index is 1240. The average molecular weight is 459 g/mol. The van der Waals surface area contributed by atoms with E-state index in [9.17, 15) is 4.79 Å². The first-order valence-corrected chi connectivity index (χ1v) is 11.7. The molecule has 4 rings (SSSR count). The molecule has 2 aromatic heterocycles. The van der Waals surface area contributed by atoms with Gasteiger partial charge >= 0.3 is 0 Å². The van der Waals surface area contributed by atoms with Crippen LogP contribution in [-0.2, 0) is 17.6 Å². The molecular weight excluding hydrogens is 428 g/mol. The molecule has 0 saturated heterocycles. The molecule has 0 fully saturated rings. The first-order valence-electron chi connectivity index (χ1n) is 11.7. The van der Waals surface area contributed by atoms with Crippen molar-refractivity contribution in [3.8, 4) is 17.2 Å². The predicted molar refractivity (Wildman–Crippen MR) is 133 cm³/mol. The van der Waals surface area contributed by atoms with Crippen molar-refractivity contribution >= 4 is 17.1 Å². The molecule has 0 bridgehead atoms. The molecule has 2 aromatic carbocycles. The van der Waals surface area contributed by atoms with Crippen molar-refractivity contribution in [1.82, 2.24) is 19.9 Å². The summed E-state index contributed by atoms with van der Waals surface area (Å²) in [6.07, 6.45) is 3.35. The Morgan fingerprint density at radius 2 is 1.74 bits per heavy atom. The summed E-state index contributed by atoms with van der Waals surface area (Å²) >= 11 is 0. The van der Waals surface area contributed by atoms with Crippen LogP contribution in [0, 0.1) is 0 Å². The van der Waals surface area contributed by atoms with Gasteiger partial charge in [0.1, 0.15) is 11.3 Å². The number of aryl methyl sites for hydroxylation is 1. The molecule has 176 valence electrons. The van der Waals surface area contributed by atoms with Gasteiger partial charge in [0, 0.05) is 31.3 Å². The van der Waals surface area contributed by atoms with Crippen LogP contribution in [0.15, 0.2) is 66.9 Å². The highest BCUT2D eigenvalue weighted by Gasteiger charge is 2.14. The molecule has 0 saturated carbocycles. The zero-order valence-corrected chi connectivity index (χ0v) is 19.7. The fourth-order valence-corrected chi connectivity index (χ4v) is 3.89. The number of pyridine rings is 1.